The van der Waals surface area contributed by atoms with Crippen molar-refractivity contribution in [1.29, 1.82) is 0 Å². The Labute approximate surface area is 163 Å². The SMILES string of the molecule is Cc1ccc(NC(=O)COc2ccc(/C=c3\sc4ncnn4c3=O)cc2)cc1. The van der Waals surface area contributed by atoms with Crippen molar-refractivity contribution in [2.75, 3.05) is 11.9 Å². The zero-order valence-electron chi connectivity index (χ0n) is 15.0. The van der Waals surface area contributed by atoms with E-state index in [9.17, 15) is 9.59 Å². The van der Waals surface area contributed by atoms with Gasteiger partial charge in [0, 0.05) is 5.69 Å². The number of fused-ring (bicyclic) bond motifs is 1. The molecular weight excluding hydrogens is 376 g/mol. The number of ether oxygens (including phenoxy) is 1. The van der Waals surface area contributed by atoms with Gasteiger partial charge in [0.05, 0.1) is 4.53 Å². The molecule has 2 aromatic carbocycles. The Morgan fingerprint density at radius 3 is 2.64 bits per heavy atom. The lowest BCUT2D eigenvalue weighted by Crippen LogP contribution is -2.23. The number of nitrogens with zero attached hydrogens (tertiary/aromatic N) is 3. The van der Waals surface area contributed by atoms with Crippen molar-refractivity contribution in [3.63, 3.8) is 0 Å². The fourth-order valence-corrected chi connectivity index (χ4v) is 3.45. The van der Waals surface area contributed by atoms with Crippen LogP contribution in [-0.2, 0) is 4.79 Å². The van der Waals surface area contributed by atoms with Gasteiger partial charge in [-0.25, -0.2) is 4.98 Å². The van der Waals surface area contributed by atoms with E-state index in [0.29, 0.717) is 15.2 Å². The fourth-order valence-electron chi connectivity index (χ4n) is 2.57. The van der Waals surface area contributed by atoms with Gasteiger partial charge in [-0.1, -0.05) is 41.2 Å². The Balaban J connectivity index is 1.39. The van der Waals surface area contributed by atoms with E-state index >= 15 is 0 Å². The van der Waals surface area contributed by atoms with E-state index in [4.69, 9.17) is 4.74 Å². The Hall–Kier alpha value is -3.52. The maximum absolute atomic E-state index is 12.2. The first-order valence-electron chi connectivity index (χ1n) is 8.52. The van der Waals surface area contributed by atoms with Crippen LogP contribution in [0.4, 0.5) is 5.69 Å². The van der Waals surface area contributed by atoms with Gasteiger partial charge >= 0.3 is 0 Å². The molecule has 0 unspecified atom stereocenters. The highest BCUT2D eigenvalue weighted by Crippen LogP contribution is 2.13. The van der Waals surface area contributed by atoms with Gasteiger partial charge < -0.3 is 10.1 Å². The summed E-state index contributed by atoms with van der Waals surface area (Å²) in [7, 11) is 0. The number of aryl methyl sites for hydroxylation is 1. The van der Waals surface area contributed by atoms with E-state index in [0.717, 1.165) is 16.8 Å². The lowest BCUT2D eigenvalue weighted by atomic mass is 10.2. The number of carbonyl (C=O) groups excluding carboxylic acids is 1. The Morgan fingerprint density at radius 1 is 1.18 bits per heavy atom. The number of anilines is 1. The van der Waals surface area contributed by atoms with Crippen LogP contribution in [0.25, 0.3) is 11.0 Å². The molecule has 0 radical (unpaired) electrons. The lowest BCUT2D eigenvalue weighted by molar-refractivity contribution is -0.118. The minimum absolute atomic E-state index is 0.0879. The van der Waals surface area contributed by atoms with Crippen molar-refractivity contribution in [2.45, 2.75) is 6.92 Å². The summed E-state index contributed by atoms with van der Waals surface area (Å²) in [5, 5.41) is 6.68. The second-order valence-corrected chi connectivity index (χ2v) is 7.15. The van der Waals surface area contributed by atoms with Crippen LogP contribution in [0.1, 0.15) is 11.1 Å². The molecule has 0 bridgehead atoms. The summed E-state index contributed by atoms with van der Waals surface area (Å²) in [5.74, 6) is 0.339. The highest BCUT2D eigenvalue weighted by molar-refractivity contribution is 7.15. The molecule has 2 aromatic heterocycles. The van der Waals surface area contributed by atoms with Crippen LogP contribution in [0.15, 0.2) is 59.7 Å². The first-order valence-corrected chi connectivity index (χ1v) is 9.34. The van der Waals surface area contributed by atoms with Crippen molar-refractivity contribution in [3.8, 4) is 5.75 Å². The molecule has 4 rings (SSSR count). The predicted molar refractivity (Wildman–Crippen MR) is 108 cm³/mol. The van der Waals surface area contributed by atoms with Crippen molar-refractivity contribution in [2.24, 2.45) is 0 Å². The molecule has 0 fully saturated rings. The molecule has 0 aliphatic rings. The molecule has 4 aromatic rings. The third-order valence-corrected chi connectivity index (χ3v) is 4.98. The van der Waals surface area contributed by atoms with Crippen LogP contribution >= 0.6 is 11.3 Å². The molecule has 0 saturated carbocycles. The van der Waals surface area contributed by atoms with Crippen molar-refractivity contribution in [3.05, 3.63) is 80.9 Å². The molecule has 7 nitrogen and oxygen atoms in total. The van der Waals surface area contributed by atoms with Crippen molar-refractivity contribution >= 4 is 34.0 Å². The predicted octanol–water partition coefficient (Wildman–Crippen LogP) is 2.02. The number of thiazole rings is 1. The smallest absolute Gasteiger partial charge is 0.291 e. The number of amides is 1. The zero-order valence-corrected chi connectivity index (χ0v) is 15.8. The second-order valence-electron chi connectivity index (χ2n) is 6.14. The zero-order chi connectivity index (χ0) is 19.5. The van der Waals surface area contributed by atoms with Crippen LogP contribution in [0.3, 0.4) is 0 Å². The van der Waals surface area contributed by atoms with Crippen LogP contribution in [-0.4, -0.2) is 27.1 Å². The highest BCUT2D eigenvalue weighted by atomic mass is 32.1. The molecule has 0 spiro atoms. The van der Waals surface area contributed by atoms with Gasteiger partial charge in [0.2, 0.25) is 4.96 Å². The Morgan fingerprint density at radius 2 is 1.93 bits per heavy atom. The summed E-state index contributed by atoms with van der Waals surface area (Å²) in [6, 6.07) is 14.7. The number of hydrogen-bond donors (Lipinski definition) is 1. The van der Waals surface area contributed by atoms with E-state index in [-0.39, 0.29) is 18.1 Å². The summed E-state index contributed by atoms with van der Waals surface area (Å²) in [5.41, 5.74) is 2.51. The monoisotopic (exact) mass is 392 g/mol. The largest absolute Gasteiger partial charge is 0.484 e. The van der Waals surface area contributed by atoms with Gasteiger partial charge in [-0.2, -0.15) is 9.61 Å². The van der Waals surface area contributed by atoms with E-state index < -0.39 is 0 Å². The third-order valence-electron chi connectivity index (χ3n) is 4.00. The maximum Gasteiger partial charge on any atom is 0.291 e. The summed E-state index contributed by atoms with van der Waals surface area (Å²) < 4.78 is 7.35. The van der Waals surface area contributed by atoms with Gasteiger partial charge in [-0.15, -0.1) is 0 Å². The van der Waals surface area contributed by atoms with Crippen LogP contribution < -0.4 is 20.1 Å². The summed E-state index contributed by atoms with van der Waals surface area (Å²) in [6.45, 7) is 1.90. The Bertz CT molecular complexity index is 1230. The number of hydrogen-bond acceptors (Lipinski definition) is 6. The minimum atomic E-state index is -0.232. The Kier molecular flexibility index (Phi) is 4.86. The summed E-state index contributed by atoms with van der Waals surface area (Å²) in [6.07, 6.45) is 3.13. The van der Waals surface area contributed by atoms with E-state index in [1.807, 2.05) is 43.3 Å². The fraction of sp³-hybridized carbons (Fsp3) is 0.100. The van der Waals surface area contributed by atoms with E-state index in [2.05, 4.69) is 15.4 Å². The summed E-state index contributed by atoms with van der Waals surface area (Å²) in [4.78, 5) is 28.8. The molecule has 1 N–H and O–H groups in total. The first-order chi connectivity index (χ1) is 13.6. The number of rotatable bonds is 5. The van der Waals surface area contributed by atoms with Gasteiger partial charge in [-0.05, 0) is 42.8 Å². The van der Waals surface area contributed by atoms with Gasteiger partial charge in [-0.3, -0.25) is 9.59 Å². The minimum Gasteiger partial charge on any atom is -0.484 e. The molecule has 28 heavy (non-hydrogen) atoms. The molecule has 1 amide bonds. The first kappa shape index (κ1) is 17.9. The quantitative estimate of drug-likeness (QED) is 0.562. The molecule has 0 atom stereocenters. The molecule has 0 aliphatic carbocycles. The van der Waals surface area contributed by atoms with Gasteiger partial charge in [0.15, 0.2) is 6.61 Å². The summed E-state index contributed by atoms with van der Waals surface area (Å²) >= 11 is 1.28. The molecule has 140 valence electrons. The third kappa shape index (κ3) is 3.91. The van der Waals surface area contributed by atoms with E-state index in [1.54, 1.807) is 18.2 Å². The van der Waals surface area contributed by atoms with Crippen LogP contribution in [0.5, 0.6) is 5.75 Å². The molecule has 0 saturated heterocycles. The standard InChI is InChI=1S/C20H16N4O3S/c1-13-2-6-15(7-3-13)23-18(25)11-27-16-8-4-14(5-9-16)10-17-19(26)24-20(28-17)21-12-22-24/h2-10,12H,11H2,1H3,(H,23,25)/b17-10-. The normalized spacial score (nSPS) is 11.7. The average molecular weight is 392 g/mol. The molecule has 0 aliphatic heterocycles. The second kappa shape index (κ2) is 7.61. The average Bonchev–Trinajstić information content (AvgIpc) is 3.26. The number of aromatic nitrogens is 3. The number of carbonyl (C=O) groups is 1. The number of nitrogens with one attached hydrogen (secondary N) is 1. The van der Waals surface area contributed by atoms with Crippen LogP contribution in [0.2, 0.25) is 0 Å². The van der Waals surface area contributed by atoms with Gasteiger partial charge in [0.25, 0.3) is 11.5 Å². The van der Waals surface area contributed by atoms with E-state index in [1.165, 1.54) is 22.2 Å². The van der Waals surface area contributed by atoms with Gasteiger partial charge in [0.1, 0.15) is 12.1 Å². The lowest BCUT2D eigenvalue weighted by Gasteiger charge is -2.08. The maximum atomic E-state index is 12.2. The molecule has 8 heteroatoms. The van der Waals surface area contributed by atoms with Crippen LogP contribution in [0, 0.1) is 6.92 Å². The molecular formula is C20H16N4O3S. The molecule has 2 heterocycles. The number of benzene rings is 2. The van der Waals surface area contributed by atoms with Crippen molar-refractivity contribution < 1.29 is 9.53 Å². The van der Waals surface area contributed by atoms with Crippen molar-refractivity contribution in [1.82, 2.24) is 14.6 Å². The highest BCUT2D eigenvalue weighted by Gasteiger charge is 2.06. The topological polar surface area (TPSA) is 85.6 Å².